The van der Waals surface area contributed by atoms with Gasteiger partial charge in [0, 0.05) is 12.5 Å². The molecule has 0 saturated heterocycles. The highest BCUT2D eigenvalue weighted by molar-refractivity contribution is 7.91. The summed E-state index contributed by atoms with van der Waals surface area (Å²) >= 11 is 0. The molecule has 0 spiro atoms. The van der Waals surface area contributed by atoms with Crippen LogP contribution in [0.3, 0.4) is 0 Å². The normalized spacial score (nSPS) is 20.9. The molecule has 0 aromatic heterocycles. The molecule has 1 aromatic rings. The van der Waals surface area contributed by atoms with E-state index < -0.39 is 9.84 Å². The SMILES string of the molecule is O=C(CN1C(=O)CCS(=O)(=O)c2ccccc21)NC1CCCC1. The van der Waals surface area contributed by atoms with E-state index in [0.29, 0.717) is 5.69 Å². The van der Waals surface area contributed by atoms with E-state index in [4.69, 9.17) is 0 Å². The van der Waals surface area contributed by atoms with Crippen LogP contribution in [-0.2, 0) is 19.4 Å². The van der Waals surface area contributed by atoms with Gasteiger partial charge in [-0.3, -0.25) is 9.59 Å². The minimum Gasteiger partial charge on any atom is -0.352 e. The third kappa shape index (κ3) is 3.39. The van der Waals surface area contributed by atoms with Crippen molar-refractivity contribution in [1.82, 2.24) is 5.32 Å². The number of amides is 2. The fraction of sp³-hybridized carbons (Fsp3) is 0.500. The van der Waals surface area contributed by atoms with Crippen LogP contribution < -0.4 is 10.2 Å². The van der Waals surface area contributed by atoms with Gasteiger partial charge >= 0.3 is 0 Å². The Morgan fingerprint density at radius 2 is 1.91 bits per heavy atom. The Hall–Kier alpha value is -1.89. The lowest BCUT2D eigenvalue weighted by Gasteiger charge is -2.23. The van der Waals surface area contributed by atoms with Crippen molar-refractivity contribution in [3.05, 3.63) is 24.3 Å². The lowest BCUT2D eigenvalue weighted by Crippen LogP contribution is -2.43. The molecular formula is C16H20N2O4S. The van der Waals surface area contributed by atoms with Gasteiger partial charge in [0.2, 0.25) is 11.8 Å². The van der Waals surface area contributed by atoms with E-state index >= 15 is 0 Å². The van der Waals surface area contributed by atoms with Crippen molar-refractivity contribution in [3.8, 4) is 0 Å². The predicted molar refractivity (Wildman–Crippen MR) is 85.9 cm³/mol. The van der Waals surface area contributed by atoms with Gasteiger partial charge in [-0.25, -0.2) is 8.42 Å². The second-order valence-corrected chi connectivity index (χ2v) is 8.14. The molecule has 3 rings (SSSR count). The number of sulfone groups is 1. The Bertz CT molecular complexity index is 723. The van der Waals surface area contributed by atoms with E-state index in [-0.39, 0.29) is 41.5 Å². The van der Waals surface area contributed by atoms with Crippen LogP contribution in [0.25, 0.3) is 0 Å². The van der Waals surface area contributed by atoms with Crippen LogP contribution in [0.2, 0.25) is 0 Å². The average molecular weight is 336 g/mol. The van der Waals surface area contributed by atoms with Crippen molar-refractivity contribution < 1.29 is 18.0 Å². The number of benzene rings is 1. The summed E-state index contributed by atoms with van der Waals surface area (Å²) in [7, 11) is -3.50. The average Bonchev–Trinajstić information content (AvgIpc) is 3.00. The zero-order valence-electron chi connectivity index (χ0n) is 12.8. The number of nitrogens with zero attached hydrogens (tertiary/aromatic N) is 1. The zero-order valence-corrected chi connectivity index (χ0v) is 13.6. The van der Waals surface area contributed by atoms with Gasteiger partial charge in [0.25, 0.3) is 0 Å². The predicted octanol–water partition coefficient (Wildman–Crippen LogP) is 1.26. The summed E-state index contributed by atoms with van der Waals surface area (Å²) < 4.78 is 24.5. The summed E-state index contributed by atoms with van der Waals surface area (Å²) in [6.07, 6.45) is 4.03. The van der Waals surface area contributed by atoms with E-state index in [1.165, 1.54) is 11.0 Å². The topological polar surface area (TPSA) is 83.6 Å². The minimum atomic E-state index is -3.50. The lowest BCUT2D eigenvalue weighted by atomic mass is 10.2. The summed E-state index contributed by atoms with van der Waals surface area (Å²) in [5, 5.41) is 2.94. The van der Waals surface area contributed by atoms with Gasteiger partial charge < -0.3 is 10.2 Å². The fourth-order valence-electron chi connectivity index (χ4n) is 3.20. The molecule has 1 heterocycles. The van der Waals surface area contributed by atoms with Crippen molar-refractivity contribution >= 4 is 27.3 Å². The van der Waals surface area contributed by atoms with Crippen LogP contribution in [0.15, 0.2) is 29.2 Å². The van der Waals surface area contributed by atoms with E-state index in [1.54, 1.807) is 18.2 Å². The van der Waals surface area contributed by atoms with Gasteiger partial charge in [-0.15, -0.1) is 0 Å². The molecule has 0 atom stereocenters. The van der Waals surface area contributed by atoms with Crippen LogP contribution in [0.1, 0.15) is 32.1 Å². The lowest BCUT2D eigenvalue weighted by molar-refractivity contribution is -0.124. The quantitative estimate of drug-likeness (QED) is 0.900. The summed E-state index contributed by atoms with van der Waals surface area (Å²) in [6, 6.07) is 6.55. The number of hydrogen-bond acceptors (Lipinski definition) is 4. The molecule has 23 heavy (non-hydrogen) atoms. The molecule has 1 saturated carbocycles. The molecule has 124 valence electrons. The summed E-state index contributed by atoms with van der Waals surface area (Å²) in [5.74, 6) is -0.789. The fourth-order valence-corrected chi connectivity index (χ4v) is 4.65. The van der Waals surface area contributed by atoms with Crippen LogP contribution in [0.5, 0.6) is 0 Å². The molecule has 1 aromatic carbocycles. The maximum absolute atomic E-state index is 12.3. The Morgan fingerprint density at radius 3 is 2.65 bits per heavy atom. The number of para-hydroxylation sites is 1. The molecule has 0 radical (unpaired) electrons. The van der Waals surface area contributed by atoms with Crippen LogP contribution in [-0.4, -0.2) is 38.6 Å². The van der Waals surface area contributed by atoms with E-state index in [9.17, 15) is 18.0 Å². The zero-order chi connectivity index (χ0) is 16.4. The molecule has 1 aliphatic carbocycles. The standard InChI is InChI=1S/C16H20N2O4S/c19-15(17-12-5-1-2-6-12)11-18-13-7-3-4-8-14(13)23(21,22)10-9-16(18)20/h3-4,7-8,12H,1-2,5-6,9-11H2,(H,17,19). The van der Waals surface area contributed by atoms with Crippen LogP contribution in [0, 0.1) is 0 Å². The van der Waals surface area contributed by atoms with Crippen molar-refractivity contribution in [2.45, 2.75) is 43.0 Å². The Morgan fingerprint density at radius 1 is 1.22 bits per heavy atom. The maximum atomic E-state index is 12.3. The number of rotatable bonds is 3. The first kappa shape index (κ1) is 16.0. The molecule has 1 fully saturated rings. The highest BCUT2D eigenvalue weighted by atomic mass is 32.2. The first-order valence-corrected chi connectivity index (χ1v) is 9.54. The third-order valence-corrected chi connectivity index (χ3v) is 6.16. The van der Waals surface area contributed by atoms with E-state index in [1.807, 2.05) is 0 Å². The highest BCUT2D eigenvalue weighted by Gasteiger charge is 2.31. The summed E-state index contributed by atoms with van der Waals surface area (Å²) in [4.78, 5) is 26.0. The van der Waals surface area contributed by atoms with Crippen LogP contribution >= 0.6 is 0 Å². The summed E-state index contributed by atoms with van der Waals surface area (Å²) in [5.41, 5.74) is 0.302. The Labute approximate surface area is 135 Å². The molecule has 1 N–H and O–H groups in total. The van der Waals surface area contributed by atoms with Gasteiger partial charge in [-0.1, -0.05) is 25.0 Å². The first-order valence-electron chi connectivity index (χ1n) is 7.89. The minimum absolute atomic E-state index is 0.103. The monoisotopic (exact) mass is 336 g/mol. The number of carbonyl (C=O) groups excluding carboxylic acids is 2. The van der Waals surface area contributed by atoms with Crippen molar-refractivity contribution in [1.29, 1.82) is 0 Å². The molecule has 1 aliphatic heterocycles. The molecule has 2 aliphatic rings. The Balaban J connectivity index is 1.84. The van der Waals surface area contributed by atoms with Gasteiger partial charge in [-0.05, 0) is 25.0 Å². The Kier molecular flexibility index (Phi) is 4.39. The van der Waals surface area contributed by atoms with E-state index in [0.717, 1.165) is 25.7 Å². The molecule has 7 heteroatoms. The molecular weight excluding hydrogens is 316 g/mol. The number of hydrogen-bond donors (Lipinski definition) is 1. The molecule has 0 unspecified atom stereocenters. The van der Waals surface area contributed by atoms with Crippen molar-refractivity contribution in [3.63, 3.8) is 0 Å². The second-order valence-electron chi connectivity index (χ2n) is 6.07. The first-order chi connectivity index (χ1) is 11.0. The van der Waals surface area contributed by atoms with Gasteiger partial charge in [0.15, 0.2) is 9.84 Å². The number of anilines is 1. The van der Waals surface area contributed by atoms with Gasteiger partial charge in [-0.2, -0.15) is 0 Å². The van der Waals surface area contributed by atoms with Gasteiger partial charge in [0.05, 0.1) is 16.3 Å². The molecule has 6 nitrogen and oxygen atoms in total. The van der Waals surface area contributed by atoms with E-state index in [2.05, 4.69) is 5.32 Å². The second kappa shape index (κ2) is 6.31. The van der Waals surface area contributed by atoms with Gasteiger partial charge in [0.1, 0.15) is 6.54 Å². The van der Waals surface area contributed by atoms with Crippen LogP contribution in [0.4, 0.5) is 5.69 Å². The van der Waals surface area contributed by atoms with Crippen molar-refractivity contribution in [2.24, 2.45) is 0 Å². The van der Waals surface area contributed by atoms with Crippen molar-refractivity contribution in [2.75, 3.05) is 17.2 Å². The number of carbonyl (C=O) groups is 2. The molecule has 2 amide bonds. The highest BCUT2D eigenvalue weighted by Crippen LogP contribution is 2.30. The largest absolute Gasteiger partial charge is 0.352 e. The third-order valence-electron chi connectivity index (χ3n) is 4.40. The smallest absolute Gasteiger partial charge is 0.240 e. The maximum Gasteiger partial charge on any atom is 0.240 e. The number of fused-ring (bicyclic) bond motifs is 1. The summed E-state index contributed by atoms with van der Waals surface area (Å²) in [6.45, 7) is -0.137. The molecule has 0 bridgehead atoms. The number of nitrogens with one attached hydrogen (secondary N) is 1.